The van der Waals surface area contributed by atoms with E-state index >= 15 is 0 Å². The molecule has 1 unspecified atom stereocenters. The van der Waals surface area contributed by atoms with E-state index in [4.69, 9.17) is 25.1 Å². The second-order valence-electron chi connectivity index (χ2n) is 14.4. The van der Waals surface area contributed by atoms with E-state index in [1.165, 1.54) is 12.1 Å². The zero-order valence-corrected chi connectivity index (χ0v) is 32.4. The molecule has 0 fully saturated rings. The average Bonchev–Trinajstić information content (AvgIpc) is 3.53. The molecule has 1 aliphatic carbocycles. The number of esters is 1. The van der Waals surface area contributed by atoms with Crippen LogP contribution >= 0.6 is 0 Å². The lowest BCUT2D eigenvalue weighted by molar-refractivity contribution is -0.145. The minimum atomic E-state index is -1.36. The molecule has 14 nitrogen and oxygen atoms in total. The van der Waals surface area contributed by atoms with Gasteiger partial charge in [0.2, 0.25) is 17.7 Å². The second kappa shape index (κ2) is 20.5. The van der Waals surface area contributed by atoms with Crippen molar-refractivity contribution in [2.75, 3.05) is 13.2 Å². The van der Waals surface area contributed by atoms with Crippen molar-refractivity contribution >= 4 is 35.8 Å². The number of fused-ring (bicyclic) bond motifs is 3. The maximum Gasteiger partial charge on any atom is 0.407 e. The maximum atomic E-state index is 14.1. The summed E-state index contributed by atoms with van der Waals surface area (Å²) in [6.45, 7) is 3.15. The van der Waals surface area contributed by atoms with Crippen molar-refractivity contribution in [3.8, 4) is 16.9 Å². The topological polar surface area (TPSA) is 212 Å². The van der Waals surface area contributed by atoms with Crippen LogP contribution in [0, 0.1) is 5.92 Å². The van der Waals surface area contributed by atoms with Crippen molar-refractivity contribution in [2.45, 2.75) is 70.2 Å². The summed E-state index contributed by atoms with van der Waals surface area (Å²) in [7, 11) is 0. The number of aliphatic carboxylic acids is 1. The Morgan fingerprint density at radius 1 is 0.690 bits per heavy atom. The molecule has 4 aromatic rings. The number of alkyl carbamates (subject to hydrolysis) is 1. The van der Waals surface area contributed by atoms with Crippen LogP contribution in [0.3, 0.4) is 0 Å². The van der Waals surface area contributed by atoms with Crippen LogP contribution in [0.1, 0.15) is 61.3 Å². The van der Waals surface area contributed by atoms with Gasteiger partial charge in [-0.1, -0.05) is 105 Å². The van der Waals surface area contributed by atoms with Crippen LogP contribution in [-0.4, -0.2) is 72.2 Å². The predicted molar refractivity (Wildman–Crippen MR) is 213 cm³/mol. The highest BCUT2D eigenvalue weighted by atomic mass is 16.5. The van der Waals surface area contributed by atoms with Gasteiger partial charge < -0.3 is 41.0 Å². The number of ether oxygens (including phenoxy) is 3. The number of nitrogens with two attached hydrogens (primary N) is 1. The number of primary amides is 1. The van der Waals surface area contributed by atoms with Gasteiger partial charge in [0.1, 0.15) is 37.1 Å². The standard InChI is InChI=1S/C44H48N4O10/c1-27(2)22-37(41(45)52)46-43(54)38(23-28-16-18-30(19-17-28)56-26-39(49)50)47-42(53)36(20-21-40(51)57-24-29-10-4-3-5-11-29)48-44(55)58-25-35-33-14-8-6-12-31(33)32-13-7-9-15-34(32)35/h3-19,27,35-38H,20-26H2,1-2H3,(H2,45,52)(H,46,54)(H,47,53)(H,48,55)(H,49,50)/t36?,37-,38-/m0/s1. The Morgan fingerprint density at radius 3 is 1.88 bits per heavy atom. The fraction of sp³-hybridized carbons (Fsp3) is 0.318. The van der Waals surface area contributed by atoms with Crippen molar-refractivity contribution in [2.24, 2.45) is 11.7 Å². The number of carboxylic acids is 1. The van der Waals surface area contributed by atoms with E-state index in [0.29, 0.717) is 5.56 Å². The lowest BCUT2D eigenvalue weighted by Crippen LogP contribution is -2.57. The van der Waals surface area contributed by atoms with Gasteiger partial charge in [0.15, 0.2) is 6.61 Å². The van der Waals surface area contributed by atoms with Gasteiger partial charge in [0, 0.05) is 18.8 Å². The van der Waals surface area contributed by atoms with Gasteiger partial charge in [0.25, 0.3) is 0 Å². The quantitative estimate of drug-likeness (QED) is 0.0784. The van der Waals surface area contributed by atoms with E-state index in [2.05, 4.69) is 16.0 Å². The molecule has 0 aliphatic heterocycles. The van der Waals surface area contributed by atoms with Crippen LogP contribution in [0.4, 0.5) is 4.79 Å². The number of carboxylic acid groups (broad SMARTS) is 1. The Hall–Kier alpha value is -6.70. The van der Waals surface area contributed by atoms with E-state index < -0.39 is 60.5 Å². The summed E-state index contributed by atoms with van der Waals surface area (Å²) >= 11 is 0. The summed E-state index contributed by atoms with van der Waals surface area (Å²) in [4.78, 5) is 77.4. The first kappa shape index (κ1) is 42.4. The smallest absolute Gasteiger partial charge is 0.407 e. The minimum Gasteiger partial charge on any atom is -0.482 e. The number of hydrogen-bond acceptors (Lipinski definition) is 9. The van der Waals surface area contributed by atoms with E-state index in [0.717, 1.165) is 27.8 Å². The molecule has 4 amide bonds. The number of rotatable bonds is 20. The number of hydrogen-bond donors (Lipinski definition) is 5. The molecule has 0 radical (unpaired) electrons. The molecule has 0 saturated carbocycles. The van der Waals surface area contributed by atoms with Crippen LogP contribution in [0.25, 0.3) is 11.1 Å². The highest BCUT2D eigenvalue weighted by Crippen LogP contribution is 2.44. The van der Waals surface area contributed by atoms with Gasteiger partial charge in [-0.2, -0.15) is 0 Å². The van der Waals surface area contributed by atoms with Gasteiger partial charge in [-0.3, -0.25) is 19.2 Å². The van der Waals surface area contributed by atoms with Crippen LogP contribution in [0.15, 0.2) is 103 Å². The lowest BCUT2D eigenvalue weighted by atomic mass is 9.98. The molecule has 3 atom stereocenters. The third kappa shape index (κ3) is 12.1. The van der Waals surface area contributed by atoms with Crippen molar-refractivity contribution in [1.82, 2.24) is 16.0 Å². The summed E-state index contributed by atoms with van der Waals surface area (Å²) < 4.78 is 16.3. The molecular weight excluding hydrogens is 745 g/mol. The van der Waals surface area contributed by atoms with Crippen molar-refractivity contribution in [3.63, 3.8) is 0 Å². The summed E-state index contributed by atoms with van der Waals surface area (Å²) in [5, 5.41) is 16.9. The SMILES string of the molecule is CC(C)C[C@H](NC(=O)[C@H](Cc1ccc(OCC(=O)O)cc1)NC(=O)C(CCC(=O)OCc1ccccc1)NC(=O)OCC1c2ccccc2-c2ccccc21)C(N)=O. The first-order valence-corrected chi connectivity index (χ1v) is 19.0. The summed E-state index contributed by atoms with van der Waals surface area (Å²) in [5.41, 5.74) is 11.0. The molecule has 1 aliphatic rings. The molecule has 14 heteroatoms. The summed E-state index contributed by atoms with van der Waals surface area (Å²) in [6, 6.07) is 27.3. The highest BCUT2D eigenvalue weighted by molar-refractivity contribution is 5.94. The number of carbonyl (C=O) groups is 6. The Kier molecular flexibility index (Phi) is 15.0. The summed E-state index contributed by atoms with van der Waals surface area (Å²) in [6.07, 6.45) is -1.22. The number of carbonyl (C=O) groups excluding carboxylic acids is 5. The van der Waals surface area contributed by atoms with Gasteiger partial charge in [0.05, 0.1) is 0 Å². The Bertz CT molecular complexity index is 2030. The third-order valence-electron chi connectivity index (χ3n) is 9.56. The van der Waals surface area contributed by atoms with Crippen molar-refractivity contribution < 1.29 is 48.1 Å². The normalized spacial score (nSPS) is 13.2. The van der Waals surface area contributed by atoms with Crippen LogP contribution < -0.4 is 26.4 Å². The zero-order valence-electron chi connectivity index (χ0n) is 32.4. The van der Waals surface area contributed by atoms with E-state index in [9.17, 15) is 28.8 Å². The molecule has 0 bridgehead atoms. The fourth-order valence-electron chi connectivity index (χ4n) is 6.70. The fourth-order valence-corrected chi connectivity index (χ4v) is 6.70. The van der Waals surface area contributed by atoms with Gasteiger partial charge >= 0.3 is 18.0 Å². The van der Waals surface area contributed by atoms with Gasteiger partial charge in [-0.05, 0) is 64.3 Å². The molecule has 6 N–H and O–H groups in total. The zero-order chi connectivity index (χ0) is 41.6. The Morgan fingerprint density at radius 2 is 1.28 bits per heavy atom. The van der Waals surface area contributed by atoms with Crippen molar-refractivity contribution in [3.05, 3.63) is 125 Å². The molecule has 58 heavy (non-hydrogen) atoms. The molecule has 304 valence electrons. The first-order valence-electron chi connectivity index (χ1n) is 19.0. The van der Waals surface area contributed by atoms with E-state index in [1.807, 2.05) is 80.6 Å². The molecule has 4 aromatic carbocycles. The molecule has 0 spiro atoms. The summed E-state index contributed by atoms with van der Waals surface area (Å²) in [5.74, 6) is -4.03. The van der Waals surface area contributed by atoms with E-state index in [1.54, 1.807) is 24.3 Å². The molecule has 0 saturated heterocycles. The van der Waals surface area contributed by atoms with Crippen LogP contribution in [0.2, 0.25) is 0 Å². The van der Waals surface area contributed by atoms with Crippen LogP contribution in [-0.2, 0) is 46.5 Å². The minimum absolute atomic E-state index is 0.00313. The highest BCUT2D eigenvalue weighted by Gasteiger charge is 2.32. The van der Waals surface area contributed by atoms with Gasteiger partial charge in [-0.25, -0.2) is 9.59 Å². The number of amides is 4. The molecule has 0 aromatic heterocycles. The number of benzene rings is 4. The van der Waals surface area contributed by atoms with Gasteiger partial charge in [-0.15, -0.1) is 0 Å². The largest absolute Gasteiger partial charge is 0.482 e. The Balaban J connectivity index is 1.33. The third-order valence-corrected chi connectivity index (χ3v) is 9.56. The maximum absolute atomic E-state index is 14.1. The molecule has 5 rings (SSSR count). The average molecular weight is 793 g/mol. The Labute approximate surface area is 336 Å². The monoisotopic (exact) mass is 792 g/mol. The second-order valence-corrected chi connectivity index (χ2v) is 14.4. The first-order chi connectivity index (χ1) is 27.9. The molecule has 0 heterocycles. The lowest BCUT2D eigenvalue weighted by Gasteiger charge is -2.25. The van der Waals surface area contributed by atoms with Crippen molar-refractivity contribution in [1.29, 1.82) is 0 Å². The van der Waals surface area contributed by atoms with E-state index in [-0.39, 0.29) is 56.5 Å². The van der Waals surface area contributed by atoms with Crippen LogP contribution in [0.5, 0.6) is 5.75 Å². The predicted octanol–water partition coefficient (Wildman–Crippen LogP) is 4.62. The molecular formula is C44H48N4O10. The number of nitrogens with one attached hydrogen (secondary N) is 3.